The van der Waals surface area contributed by atoms with E-state index < -0.39 is 35.0 Å². The lowest BCUT2D eigenvalue weighted by molar-refractivity contribution is -0.143. The van der Waals surface area contributed by atoms with E-state index in [1.807, 2.05) is 13.8 Å². The van der Waals surface area contributed by atoms with E-state index in [2.05, 4.69) is 10.6 Å². The summed E-state index contributed by atoms with van der Waals surface area (Å²) in [5.74, 6) is -2.91. The van der Waals surface area contributed by atoms with Gasteiger partial charge in [-0.1, -0.05) is 13.8 Å². The lowest BCUT2D eigenvalue weighted by Crippen LogP contribution is -2.53. The van der Waals surface area contributed by atoms with E-state index in [0.717, 1.165) is 0 Å². The molecule has 0 aromatic heterocycles. The summed E-state index contributed by atoms with van der Waals surface area (Å²) in [4.78, 5) is 40.7. The highest BCUT2D eigenvalue weighted by atomic mass is 19.1. The van der Waals surface area contributed by atoms with E-state index >= 15 is 0 Å². The van der Waals surface area contributed by atoms with Crippen LogP contribution in [0.25, 0.3) is 0 Å². The fraction of sp³-hybridized carbons (Fsp3) is 0.550. The van der Waals surface area contributed by atoms with Crippen LogP contribution in [0.5, 0.6) is 0 Å². The first-order valence-electron chi connectivity index (χ1n) is 9.54. The molecule has 1 aromatic carbocycles. The highest BCUT2D eigenvalue weighted by molar-refractivity contribution is 6.15. The zero-order valence-corrected chi connectivity index (χ0v) is 16.1. The third-order valence-corrected chi connectivity index (χ3v) is 6.01. The maximum Gasteiger partial charge on any atom is 0.250 e. The van der Waals surface area contributed by atoms with Gasteiger partial charge in [-0.05, 0) is 30.5 Å². The third-order valence-electron chi connectivity index (χ3n) is 6.01. The number of rotatable bonds is 5. The highest BCUT2D eigenvalue weighted by Crippen LogP contribution is 2.53. The maximum absolute atomic E-state index is 14.0. The number of hydrogen-bond acceptors (Lipinski definition) is 5. The summed E-state index contributed by atoms with van der Waals surface area (Å²) < 4.78 is 19.1. The molecule has 0 saturated carbocycles. The minimum absolute atomic E-state index is 0.142. The van der Waals surface area contributed by atoms with Crippen LogP contribution in [0.4, 0.5) is 10.1 Å². The molecule has 1 aromatic rings. The van der Waals surface area contributed by atoms with Gasteiger partial charge >= 0.3 is 0 Å². The summed E-state index contributed by atoms with van der Waals surface area (Å²) in [5.41, 5.74) is -0.567. The molecule has 3 heterocycles. The van der Waals surface area contributed by atoms with Crippen molar-refractivity contribution in [3.63, 3.8) is 0 Å². The first kappa shape index (κ1) is 19.0. The van der Waals surface area contributed by atoms with Crippen LogP contribution in [-0.4, -0.2) is 48.9 Å². The molecule has 4 unspecified atom stereocenters. The SMILES string of the molecule is COCCN1C(=O)C2C(CC(C)C)NC3(C(=O)Nc4ccc(F)cc43)C2C1=O. The van der Waals surface area contributed by atoms with Crippen molar-refractivity contribution < 1.29 is 23.5 Å². The van der Waals surface area contributed by atoms with E-state index in [1.165, 1.54) is 30.2 Å². The molecule has 2 N–H and O–H groups in total. The fourth-order valence-electron chi connectivity index (χ4n) is 4.95. The molecule has 150 valence electrons. The summed E-state index contributed by atoms with van der Waals surface area (Å²) in [6, 6.07) is 3.69. The molecule has 4 rings (SSSR count). The van der Waals surface area contributed by atoms with Crippen molar-refractivity contribution >= 4 is 23.4 Å². The largest absolute Gasteiger partial charge is 0.383 e. The van der Waals surface area contributed by atoms with E-state index in [-0.39, 0.29) is 31.0 Å². The Morgan fingerprint density at radius 1 is 1.25 bits per heavy atom. The molecule has 2 fully saturated rings. The predicted octanol–water partition coefficient (Wildman–Crippen LogP) is 1.24. The lowest BCUT2D eigenvalue weighted by atomic mass is 9.76. The van der Waals surface area contributed by atoms with Gasteiger partial charge in [0.2, 0.25) is 17.7 Å². The Balaban J connectivity index is 1.84. The average Bonchev–Trinajstić information content (AvgIpc) is 3.19. The van der Waals surface area contributed by atoms with Crippen molar-refractivity contribution in [3.8, 4) is 0 Å². The summed E-state index contributed by atoms with van der Waals surface area (Å²) in [7, 11) is 1.50. The number of carbonyl (C=O) groups excluding carboxylic acids is 3. The number of amides is 3. The third kappa shape index (κ3) is 2.51. The number of halogens is 1. The van der Waals surface area contributed by atoms with Gasteiger partial charge < -0.3 is 10.1 Å². The van der Waals surface area contributed by atoms with Crippen molar-refractivity contribution in [2.45, 2.75) is 31.8 Å². The smallest absolute Gasteiger partial charge is 0.250 e. The number of hydrogen-bond donors (Lipinski definition) is 2. The molecule has 4 atom stereocenters. The molecule has 0 radical (unpaired) electrons. The number of ether oxygens (including phenoxy) is 1. The molecule has 7 nitrogen and oxygen atoms in total. The van der Waals surface area contributed by atoms with Gasteiger partial charge in [-0.3, -0.25) is 24.6 Å². The monoisotopic (exact) mass is 389 g/mol. The Kier molecular flexibility index (Phi) is 4.50. The molecule has 0 aliphatic carbocycles. The van der Waals surface area contributed by atoms with Gasteiger partial charge in [0.05, 0.1) is 25.0 Å². The van der Waals surface area contributed by atoms with E-state index in [4.69, 9.17) is 4.74 Å². The van der Waals surface area contributed by atoms with Gasteiger partial charge in [0.15, 0.2) is 0 Å². The summed E-state index contributed by atoms with van der Waals surface area (Å²) in [6.45, 7) is 4.41. The number of imide groups is 1. The Morgan fingerprint density at radius 2 is 2.00 bits per heavy atom. The Hall–Kier alpha value is -2.32. The number of anilines is 1. The van der Waals surface area contributed by atoms with Crippen LogP contribution in [0.3, 0.4) is 0 Å². The van der Waals surface area contributed by atoms with E-state index in [9.17, 15) is 18.8 Å². The van der Waals surface area contributed by atoms with Crippen LogP contribution in [-0.2, 0) is 24.7 Å². The average molecular weight is 389 g/mol. The topological polar surface area (TPSA) is 87.7 Å². The molecular formula is C20H24FN3O4. The minimum atomic E-state index is -1.43. The van der Waals surface area contributed by atoms with Crippen molar-refractivity contribution in [2.24, 2.45) is 17.8 Å². The van der Waals surface area contributed by atoms with Crippen molar-refractivity contribution in [1.29, 1.82) is 0 Å². The van der Waals surface area contributed by atoms with Crippen LogP contribution in [0, 0.1) is 23.6 Å². The second kappa shape index (κ2) is 6.63. The number of benzene rings is 1. The van der Waals surface area contributed by atoms with Gasteiger partial charge in [0.1, 0.15) is 11.4 Å². The zero-order chi connectivity index (χ0) is 20.2. The van der Waals surface area contributed by atoms with Gasteiger partial charge in [0, 0.05) is 24.4 Å². The Bertz CT molecular complexity index is 858. The molecule has 0 bridgehead atoms. The number of nitrogens with one attached hydrogen (secondary N) is 2. The summed E-state index contributed by atoms with van der Waals surface area (Å²) >= 11 is 0. The first-order valence-corrected chi connectivity index (χ1v) is 9.54. The van der Waals surface area contributed by atoms with E-state index in [0.29, 0.717) is 17.7 Å². The second-order valence-corrected chi connectivity index (χ2v) is 8.16. The van der Waals surface area contributed by atoms with Crippen LogP contribution in [0.1, 0.15) is 25.8 Å². The fourth-order valence-corrected chi connectivity index (χ4v) is 4.95. The number of methoxy groups -OCH3 is 1. The van der Waals surface area contributed by atoms with Gasteiger partial charge in [-0.25, -0.2) is 4.39 Å². The van der Waals surface area contributed by atoms with Crippen LogP contribution >= 0.6 is 0 Å². The molecular weight excluding hydrogens is 365 g/mol. The molecule has 3 aliphatic heterocycles. The van der Waals surface area contributed by atoms with Crippen molar-refractivity contribution in [2.75, 3.05) is 25.6 Å². The van der Waals surface area contributed by atoms with Gasteiger partial charge in [0.25, 0.3) is 0 Å². The number of carbonyl (C=O) groups is 3. The van der Waals surface area contributed by atoms with Gasteiger partial charge in [-0.2, -0.15) is 0 Å². The minimum Gasteiger partial charge on any atom is -0.383 e. The predicted molar refractivity (Wildman–Crippen MR) is 98.7 cm³/mol. The molecule has 3 aliphatic rings. The summed E-state index contributed by atoms with van der Waals surface area (Å²) in [6.07, 6.45) is 0.623. The molecule has 1 spiro atoms. The van der Waals surface area contributed by atoms with Crippen molar-refractivity contribution in [1.82, 2.24) is 10.2 Å². The highest BCUT2D eigenvalue weighted by Gasteiger charge is 2.70. The van der Waals surface area contributed by atoms with Crippen LogP contribution in [0.2, 0.25) is 0 Å². The lowest BCUT2D eigenvalue weighted by Gasteiger charge is -2.29. The van der Waals surface area contributed by atoms with Crippen LogP contribution in [0.15, 0.2) is 18.2 Å². The molecule has 28 heavy (non-hydrogen) atoms. The standard InChI is InChI=1S/C20H24FN3O4/c1-10(2)8-14-15-16(18(26)24(17(15)25)6-7-28-3)20(23-14)12-9-11(21)4-5-13(12)22-19(20)27/h4-5,9-10,14-16,23H,6-8H2,1-3H3,(H,22,27). The Labute approximate surface area is 162 Å². The zero-order valence-electron chi connectivity index (χ0n) is 16.1. The van der Waals surface area contributed by atoms with Gasteiger partial charge in [-0.15, -0.1) is 0 Å². The number of fused-ring (bicyclic) bond motifs is 4. The number of nitrogens with zero attached hydrogens (tertiary/aromatic N) is 1. The normalized spacial score (nSPS) is 31.1. The van der Waals surface area contributed by atoms with Crippen molar-refractivity contribution in [3.05, 3.63) is 29.6 Å². The molecule has 3 amide bonds. The maximum atomic E-state index is 14.0. The Morgan fingerprint density at radius 3 is 2.68 bits per heavy atom. The molecule has 8 heteroatoms. The second-order valence-electron chi connectivity index (χ2n) is 8.16. The van der Waals surface area contributed by atoms with Crippen LogP contribution < -0.4 is 10.6 Å². The first-order chi connectivity index (χ1) is 13.3. The quantitative estimate of drug-likeness (QED) is 0.740. The molecule has 2 saturated heterocycles. The number of likely N-dealkylation sites (tertiary alicyclic amines) is 1. The van der Waals surface area contributed by atoms with E-state index in [1.54, 1.807) is 0 Å². The summed E-state index contributed by atoms with van der Waals surface area (Å²) in [5, 5.41) is 6.05.